The molecule has 6 heteroatoms. The van der Waals surface area contributed by atoms with E-state index in [1.807, 2.05) is 13.8 Å². The van der Waals surface area contributed by atoms with Crippen LogP contribution in [0.1, 0.15) is 41.0 Å². The van der Waals surface area contributed by atoms with Gasteiger partial charge in [0.15, 0.2) is 14.1 Å². The van der Waals surface area contributed by atoms with Gasteiger partial charge in [0, 0.05) is 5.92 Å². The molecule has 2 aliphatic rings. The van der Waals surface area contributed by atoms with Gasteiger partial charge in [-0.2, -0.15) is 0 Å². The van der Waals surface area contributed by atoms with E-state index in [4.69, 9.17) is 18.6 Å². The van der Waals surface area contributed by atoms with Crippen LogP contribution >= 0.6 is 0 Å². The summed E-state index contributed by atoms with van der Waals surface area (Å²) in [6.45, 7) is 15.8. The molecule has 0 aromatic rings. The Hall–Kier alpha value is -0.433. The van der Waals surface area contributed by atoms with E-state index in [0.717, 1.165) is 0 Å². The second-order valence-corrected chi connectivity index (χ2v) is 13.2. The molecule has 0 amide bonds. The largest absolute Gasteiger partial charge is 0.465 e. The van der Waals surface area contributed by atoms with Gasteiger partial charge in [-0.15, -0.1) is 0 Å². The number of carbonyl (C=O) groups is 1. The Bertz CT molecular complexity index is 427. The number of carbonyl (C=O) groups excluding carboxylic acids is 1. The molecule has 0 aliphatic carbocycles. The fourth-order valence-corrected chi connectivity index (χ4v) is 3.66. The topological polar surface area (TPSA) is 54.0 Å². The van der Waals surface area contributed by atoms with E-state index in [9.17, 15) is 4.79 Å². The molecule has 0 aromatic carbocycles. The van der Waals surface area contributed by atoms with Gasteiger partial charge in [-0.05, 0) is 32.0 Å². The zero-order chi connectivity index (χ0) is 16.8. The summed E-state index contributed by atoms with van der Waals surface area (Å²) in [5.41, 5.74) is 0. The molecular weight excluding hydrogens is 300 g/mol. The van der Waals surface area contributed by atoms with Crippen LogP contribution in [0.2, 0.25) is 18.1 Å². The highest BCUT2D eigenvalue weighted by molar-refractivity contribution is 6.74. The third kappa shape index (κ3) is 3.90. The van der Waals surface area contributed by atoms with Crippen LogP contribution in [0.3, 0.4) is 0 Å². The van der Waals surface area contributed by atoms with Gasteiger partial charge in [0.25, 0.3) is 0 Å². The summed E-state index contributed by atoms with van der Waals surface area (Å²) in [6.07, 6.45) is 0.107. The van der Waals surface area contributed by atoms with Crippen molar-refractivity contribution in [3.63, 3.8) is 0 Å². The Morgan fingerprint density at radius 2 is 1.91 bits per heavy atom. The number of hydrogen-bond acceptors (Lipinski definition) is 5. The van der Waals surface area contributed by atoms with Gasteiger partial charge in [-0.1, -0.05) is 20.8 Å². The molecule has 0 aromatic heterocycles. The van der Waals surface area contributed by atoms with Crippen molar-refractivity contribution in [1.82, 2.24) is 0 Å². The summed E-state index contributed by atoms with van der Waals surface area (Å²) in [5, 5.41) is 0.157. The van der Waals surface area contributed by atoms with Crippen molar-refractivity contribution in [3.05, 3.63) is 0 Å². The van der Waals surface area contributed by atoms with Crippen molar-refractivity contribution >= 4 is 14.3 Å². The van der Waals surface area contributed by atoms with Crippen LogP contribution < -0.4 is 0 Å². The summed E-state index contributed by atoms with van der Waals surface area (Å²) in [4.78, 5) is 11.4. The van der Waals surface area contributed by atoms with Crippen LogP contribution in [-0.4, -0.2) is 45.5 Å². The normalized spacial score (nSPS) is 32.3. The van der Waals surface area contributed by atoms with E-state index in [1.54, 1.807) is 0 Å². The highest BCUT2D eigenvalue weighted by Gasteiger charge is 2.48. The smallest absolute Gasteiger partial charge is 0.306 e. The summed E-state index contributed by atoms with van der Waals surface area (Å²) in [7, 11) is -1.84. The average molecular weight is 330 g/mol. The first-order valence-corrected chi connectivity index (χ1v) is 11.0. The molecule has 0 radical (unpaired) electrons. The lowest BCUT2D eigenvalue weighted by Crippen LogP contribution is -2.45. The fourth-order valence-electron chi connectivity index (χ4n) is 2.64. The van der Waals surface area contributed by atoms with Crippen LogP contribution in [0.25, 0.3) is 0 Å². The molecule has 3 atom stereocenters. The van der Waals surface area contributed by atoms with Gasteiger partial charge < -0.3 is 18.6 Å². The molecule has 2 saturated heterocycles. The third-order valence-electron chi connectivity index (χ3n) is 4.99. The third-order valence-corrected chi connectivity index (χ3v) is 9.49. The summed E-state index contributed by atoms with van der Waals surface area (Å²) in [5.74, 6) is -0.734. The molecule has 0 saturated carbocycles. The van der Waals surface area contributed by atoms with Gasteiger partial charge >= 0.3 is 5.97 Å². The van der Waals surface area contributed by atoms with Gasteiger partial charge in [-0.3, -0.25) is 4.79 Å². The van der Waals surface area contributed by atoms with Gasteiger partial charge in [0.1, 0.15) is 6.10 Å². The van der Waals surface area contributed by atoms with Crippen LogP contribution in [0.5, 0.6) is 0 Å². The monoisotopic (exact) mass is 330 g/mol. The maximum atomic E-state index is 11.4. The van der Waals surface area contributed by atoms with Crippen LogP contribution in [0.4, 0.5) is 0 Å². The summed E-state index contributed by atoms with van der Waals surface area (Å²) in [6, 6.07) is 0. The SMILES string of the molecule is CC1(C)O[C@H](C2COC(=O)C2)[C@@H](CO[Si](C)(C)C(C)(C)C)O1. The van der Waals surface area contributed by atoms with Crippen molar-refractivity contribution in [2.24, 2.45) is 5.92 Å². The van der Waals surface area contributed by atoms with E-state index < -0.39 is 14.1 Å². The van der Waals surface area contributed by atoms with Crippen molar-refractivity contribution in [1.29, 1.82) is 0 Å². The first-order chi connectivity index (χ1) is 9.91. The molecule has 22 heavy (non-hydrogen) atoms. The van der Waals surface area contributed by atoms with Crippen LogP contribution in [-0.2, 0) is 23.4 Å². The molecule has 0 bridgehead atoms. The van der Waals surface area contributed by atoms with E-state index in [0.29, 0.717) is 19.6 Å². The maximum Gasteiger partial charge on any atom is 0.306 e. The van der Waals surface area contributed by atoms with Crippen molar-refractivity contribution in [2.45, 2.75) is 77.2 Å². The van der Waals surface area contributed by atoms with E-state index in [2.05, 4.69) is 33.9 Å². The number of hydrogen-bond donors (Lipinski definition) is 0. The Balaban J connectivity index is 2.02. The molecular formula is C16H30O5Si. The maximum absolute atomic E-state index is 11.4. The number of ether oxygens (including phenoxy) is 3. The first kappa shape index (κ1) is 17.9. The molecule has 2 rings (SSSR count). The second-order valence-electron chi connectivity index (χ2n) is 8.36. The zero-order valence-corrected chi connectivity index (χ0v) is 15.9. The second kappa shape index (κ2) is 5.89. The Labute approximate surface area is 134 Å². The minimum atomic E-state index is -1.84. The van der Waals surface area contributed by atoms with E-state index >= 15 is 0 Å². The van der Waals surface area contributed by atoms with Crippen LogP contribution in [0, 0.1) is 5.92 Å². The van der Waals surface area contributed by atoms with Gasteiger partial charge in [0.05, 0.1) is 25.7 Å². The van der Waals surface area contributed by atoms with Crippen molar-refractivity contribution < 1.29 is 23.4 Å². The average Bonchev–Trinajstić information content (AvgIpc) is 2.88. The lowest BCUT2D eigenvalue weighted by molar-refractivity contribution is -0.152. The number of rotatable bonds is 4. The molecule has 128 valence electrons. The minimum absolute atomic E-state index is 0.0577. The minimum Gasteiger partial charge on any atom is -0.465 e. The lowest BCUT2D eigenvalue weighted by atomic mass is 9.97. The molecule has 2 fully saturated rings. The van der Waals surface area contributed by atoms with Crippen LogP contribution in [0.15, 0.2) is 0 Å². The van der Waals surface area contributed by atoms with Gasteiger partial charge in [-0.25, -0.2) is 0 Å². The molecule has 5 nitrogen and oxygen atoms in total. The quantitative estimate of drug-likeness (QED) is 0.586. The number of cyclic esters (lactones) is 1. The van der Waals surface area contributed by atoms with Crippen molar-refractivity contribution in [3.8, 4) is 0 Å². The molecule has 2 aliphatic heterocycles. The highest BCUT2D eigenvalue weighted by atomic mass is 28.4. The molecule has 1 unspecified atom stereocenters. The zero-order valence-electron chi connectivity index (χ0n) is 14.9. The van der Waals surface area contributed by atoms with Gasteiger partial charge in [0.2, 0.25) is 0 Å². The Morgan fingerprint density at radius 1 is 1.27 bits per heavy atom. The predicted octanol–water partition coefficient (Wildman–Crippen LogP) is 3.09. The summed E-state index contributed by atoms with van der Waals surface area (Å²) >= 11 is 0. The van der Waals surface area contributed by atoms with E-state index in [-0.39, 0.29) is 29.1 Å². The predicted molar refractivity (Wildman–Crippen MR) is 86.0 cm³/mol. The number of esters is 1. The summed E-state index contributed by atoms with van der Waals surface area (Å²) < 4.78 is 23.4. The first-order valence-electron chi connectivity index (χ1n) is 8.06. The van der Waals surface area contributed by atoms with E-state index in [1.165, 1.54) is 0 Å². The standard InChI is InChI=1S/C16H30O5Si/c1-15(2,3)22(6,7)19-10-12-14(21-16(4,5)20-12)11-8-13(17)18-9-11/h11-12,14H,8-10H2,1-7H3/t11?,12-,14-/m1/s1. The highest BCUT2D eigenvalue weighted by Crippen LogP contribution is 2.39. The molecule has 2 heterocycles. The van der Waals surface area contributed by atoms with Crippen molar-refractivity contribution in [2.75, 3.05) is 13.2 Å². The Morgan fingerprint density at radius 3 is 2.41 bits per heavy atom. The Kier molecular flexibility index (Phi) is 4.80. The fraction of sp³-hybridized carbons (Fsp3) is 0.938. The lowest BCUT2D eigenvalue weighted by Gasteiger charge is -2.37. The molecule has 0 N–H and O–H groups in total. The molecule has 0 spiro atoms.